The number of halogens is 3. The second-order valence-corrected chi connectivity index (χ2v) is 5.64. The lowest BCUT2D eigenvalue weighted by Crippen LogP contribution is -2.05. The van der Waals surface area contributed by atoms with E-state index < -0.39 is 11.7 Å². The predicted molar refractivity (Wildman–Crippen MR) is 80.2 cm³/mol. The van der Waals surface area contributed by atoms with Gasteiger partial charge in [-0.25, -0.2) is 0 Å². The van der Waals surface area contributed by atoms with E-state index in [4.69, 9.17) is 0 Å². The van der Waals surface area contributed by atoms with Crippen LogP contribution in [0.2, 0.25) is 0 Å². The zero-order valence-electron chi connectivity index (χ0n) is 11.7. The average molecular weight is 336 g/mol. The van der Waals surface area contributed by atoms with Gasteiger partial charge < -0.3 is 0 Å². The van der Waals surface area contributed by atoms with Crippen LogP contribution in [0.15, 0.2) is 59.8 Å². The first-order valence-corrected chi connectivity index (χ1v) is 7.65. The Morgan fingerprint density at radius 1 is 1.00 bits per heavy atom. The summed E-state index contributed by atoms with van der Waals surface area (Å²) < 4.78 is 39.7. The van der Waals surface area contributed by atoms with Crippen LogP contribution in [0, 0.1) is 0 Å². The van der Waals surface area contributed by atoms with E-state index in [0.29, 0.717) is 16.5 Å². The van der Waals surface area contributed by atoms with E-state index >= 15 is 0 Å². The standard InChI is InChI=1S/C15H11F3N4S/c16-15(17,18)12-6-4-5-11(9-12)10-23-14-19-20-21-22(14)13-7-2-1-3-8-13/h1-9H,10H2. The highest BCUT2D eigenvalue weighted by Gasteiger charge is 2.30. The topological polar surface area (TPSA) is 43.6 Å². The molecular formula is C15H11F3N4S. The first-order valence-electron chi connectivity index (χ1n) is 6.67. The van der Waals surface area contributed by atoms with Crippen LogP contribution in [0.4, 0.5) is 13.2 Å². The SMILES string of the molecule is FC(F)(F)c1cccc(CSc2nnnn2-c2ccccc2)c1. The Morgan fingerprint density at radius 2 is 1.78 bits per heavy atom. The maximum Gasteiger partial charge on any atom is 0.416 e. The van der Waals surface area contributed by atoms with Crippen LogP contribution in [0.3, 0.4) is 0 Å². The molecule has 3 rings (SSSR count). The molecule has 0 aliphatic carbocycles. The molecule has 0 aliphatic rings. The number of hydrogen-bond acceptors (Lipinski definition) is 4. The predicted octanol–water partition coefficient (Wildman–Crippen LogP) is 3.97. The minimum absolute atomic E-state index is 0.344. The van der Waals surface area contributed by atoms with E-state index in [1.54, 1.807) is 10.7 Å². The fourth-order valence-electron chi connectivity index (χ4n) is 1.99. The Bertz CT molecular complexity index is 787. The third-order valence-electron chi connectivity index (χ3n) is 3.06. The highest BCUT2D eigenvalue weighted by molar-refractivity contribution is 7.98. The summed E-state index contributed by atoms with van der Waals surface area (Å²) in [6, 6.07) is 14.6. The van der Waals surface area contributed by atoms with Gasteiger partial charge in [0, 0.05) is 5.75 Å². The smallest absolute Gasteiger partial charge is 0.188 e. The minimum atomic E-state index is -4.34. The van der Waals surface area contributed by atoms with Crippen LogP contribution in [-0.4, -0.2) is 20.2 Å². The number of rotatable bonds is 4. The fraction of sp³-hybridized carbons (Fsp3) is 0.133. The minimum Gasteiger partial charge on any atom is -0.188 e. The van der Waals surface area contributed by atoms with Gasteiger partial charge >= 0.3 is 6.18 Å². The number of benzene rings is 2. The van der Waals surface area contributed by atoms with E-state index in [1.165, 1.54) is 17.8 Å². The fourth-order valence-corrected chi connectivity index (χ4v) is 2.82. The van der Waals surface area contributed by atoms with Crippen molar-refractivity contribution in [2.45, 2.75) is 17.1 Å². The molecule has 0 unspecified atom stereocenters. The van der Waals surface area contributed by atoms with Gasteiger partial charge in [0.2, 0.25) is 5.16 Å². The molecule has 0 aliphatic heterocycles. The Hall–Kier alpha value is -2.35. The molecule has 4 nitrogen and oxygen atoms in total. The van der Waals surface area contributed by atoms with Gasteiger partial charge in [-0.15, -0.1) is 5.10 Å². The van der Waals surface area contributed by atoms with E-state index in [1.807, 2.05) is 30.3 Å². The van der Waals surface area contributed by atoms with Crippen LogP contribution in [0.25, 0.3) is 5.69 Å². The summed E-state index contributed by atoms with van der Waals surface area (Å²) in [5.74, 6) is 0.344. The third-order valence-corrected chi connectivity index (χ3v) is 4.05. The van der Waals surface area contributed by atoms with Crippen LogP contribution >= 0.6 is 11.8 Å². The van der Waals surface area contributed by atoms with Crippen molar-refractivity contribution in [3.8, 4) is 5.69 Å². The Kier molecular flexibility index (Phi) is 4.33. The average Bonchev–Trinajstić information content (AvgIpc) is 3.02. The lowest BCUT2D eigenvalue weighted by atomic mass is 10.1. The van der Waals surface area contributed by atoms with Crippen molar-refractivity contribution in [1.29, 1.82) is 0 Å². The summed E-state index contributed by atoms with van der Waals surface area (Å²) in [6.07, 6.45) is -4.34. The van der Waals surface area contributed by atoms with Gasteiger partial charge in [-0.2, -0.15) is 17.9 Å². The summed E-state index contributed by atoms with van der Waals surface area (Å²) in [7, 11) is 0. The molecule has 1 heterocycles. The maximum atomic E-state index is 12.7. The molecule has 8 heteroatoms. The molecule has 0 fully saturated rings. The molecule has 0 bridgehead atoms. The molecule has 3 aromatic rings. The molecule has 0 amide bonds. The van der Waals surface area contributed by atoms with E-state index in [-0.39, 0.29) is 0 Å². The monoisotopic (exact) mass is 336 g/mol. The van der Waals surface area contributed by atoms with Crippen molar-refractivity contribution in [1.82, 2.24) is 20.2 Å². The lowest BCUT2D eigenvalue weighted by molar-refractivity contribution is -0.137. The van der Waals surface area contributed by atoms with Crippen molar-refractivity contribution in [3.05, 3.63) is 65.7 Å². The Morgan fingerprint density at radius 3 is 2.52 bits per heavy atom. The molecule has 0 saturated heterocycles. The van der Waals surface area contributed by atoms with Crippen molar-refractivity contribution in [3.63, 3.8) is 0 Å². The lowest BCUT2D eigenvalue weighted by Gasteiger charge is -2.08. The molecule has 0 radical (unpaired) electrons. The number of thioether (sulfide) groups is 1. The highest BCUT2D eigenvalue weighted by atomic mass is 32.2. The van der Waals surface area contributed by atoms with Crippen LogP contribution in [-0.2, 0) is 11.9 Å². The van der Waals surface area contributed by atoms with Gasteiger partial charge in [0.05, 0.1) is 11.3 Å². The largest absolute Gasteiger partial charge is 0.416 e. The van der Waals surface area contributed by atoms with Crippen molar-refractivity contribution < 1.29 is 13.2 Å². The number of nitrogens with zero attached hydrogens (tertiary/aromatic N) is 4. The van der Waals surface area contributed by atoms with E-state index in [9.17, 15) is 13.2 Å². The normalized spacial score (nSPS) is 11.6. The van der Waals surface area contributed by atoms with Crippen LogP contribution in [0.1, 0.15) is 11.1 Å². The first-order chi connectivity index (χ1) is 11.0. The molecule has 0 atom stereocenters. The Balaban J connectivity index is 1.77. The molecule has 0 saturated carbocycles. The number of para-hydroxylation sites is 1. The number of aromatic nitrogens is 4. The second kappa shape index (κ2) is 6.41. The van der Waals surface area contributed by atoms with Crippen LogP contribution < -0.4 is 0 Å². The van der Waals surface area contributed by atoms with Gasteiger partial charge in [0.15, 0.2) is 0 Å². The van der Waals surface area contributed by atoms with Crippen molar-refractivity contribution >= 4 is 11.8 Å². The Labute approximate surface area is 134 Å². The molecule has 23 heavy (non-hydrogen) atoms. The number of alkyl halides is 3. The van der Waals surface area contributed by atoms with Gasteiger partial charge in [-0.05, 0) is 34.2 Å². The zero-order chi connectivity index (χ0) is 16.3. The number of tetrazole rings is 1. The first kappa shape index (κ1) is 15.5. The molecular weight excluding hydrogens is 325 g/mol. The van der Waals surface area contributed by atoms with Crippen LogP contribution in [0.5, 0.6) is 0 Å². The summed E-state index contributed by atoms with van der Waals surface area (Å²) in [5, 5.41) is 12.0. The molecule has 2 aromatic carbocycles. The number of hydrogen-bond donors (Lipinski definition) is 0. The molecule has 118 valence electrons. The quantitative estimate of drug-likeness (QED) is 0.676. The van der Waals surface area contributed by atoms with E-state index in [0.717, 1.165) is 17.8 Å². The summed E-state index contributed by atoms with van der Waals surface area (Å²) in [6.45, 7) is 0. The van der Waals surface area contributed by atoms with Gasteiger partial charge in [0.1, 0.15) is 0 Å². The molecule has 0 spiro atoms. The summed E-state index contributed by atoms with van der Waals surface area (Å²) >= 11 is 1.28. The van der Waals surface area contributed by atoms with Crippen molar-refractivity contribution in [2.75, 3.05) is 0 Å². The summed E-state index contributed by atoms with van der Waals surface area (Å²) in [4.78, 5) is 0. The van der Waals surface area contributed by atoms with Gasteiger partial charge in [-0.1, -0.05) is 48.2 Å². The van der Waals surface area contributed by atoms with Gasteiger partial charge in [-0.3, -0.25) is 0 Å². The third kappa shape index (κ3) is 3.70. The summed E-state index contributed by atoms with van der Waals surface area (Å²) in [5.41, 5.74) is 0.703. The van der Waals surface area contributed by atoms with Crippen molar-refractivity contribution in [2.24, 2.45) is 0 Å². The van der Waals surface area contributed by atoms with Gasteiger partial charge in [0.25, 0.3) is 0 Å². The molecule has 1 aromatic heterocycles. The van der Waals surface area contributed by atoms with E-state index in [2.05, 4.69) is 15.5 Å². The second-order valence-electron chi connectivity index (χ2n) is 4.70. The maximum absolute atomic E-state index is 12.7. The zero-order valence-corrected chi connectivity index (χ0v) is 12.6. The highest BCUT2D eigenvalue weighted by Crippen LogP contribution is 2.31. The molecule has 0 N–H and O–H groups in total.